The van der Waals surface area contributed by atoms with E-state index in [0.29, 0.717) is 15.6 Å². The van der Waals surface area contributed by atoms with Gasteiger partial charge in [-0.2, -0.15) is 0 Å². The Hall–Kier alpha value is -3.22. The average Bonchev–Trinajstić information content (AvgIpc) is 2.73. The molecule has 0 saturated heterocycles. The molecule has 3 rings (SSSR count). The van der Waals surface area contributed by atoms with Crippen LogP contribution in [-0.2, 0) is 18.0 Å². The summed E-state index contributed by atoms with van der Waals surface area (Å²) in [7, 11) is 0. The standard InChI is InChI=1S/C22H17Cl2NO5/c23-17-9-3-1-6-14(17)12-29-19-11-5-8-16(20(25-28)22(26)27)21(19)30-13-15-7-2-4-10-18(15)24/h1-11,28H,12-13H2,(H,26,27)/b25-20-. The van der Waals surface area contributed by atoms with Crippen LogP contribution in [0.15, 0.2) is 71.9 Å². The van der Waals surface area contributed by atoms with Crippen molar-refractivity contribution in [3.63, 3.8) is 0 Å². The van der Waals surface area contributed by atoms with Gasteiger partial charge < -0.3 is 19.8 Å². The first-order valence-electron chi connectivity index (χ1n) is 8.82. The molecule has 0 saturated carbocycles. The van der Waals surface area contributed by atoms with Crippen molar-refractivity contribution in [3.8, 4) is 11.5 Å². The van der Waals surface area contributed by atoms with E-state index >= 15 is 0 Å². The van der Waals surface area contributed by atoms with Crippen LogP contribution >= 0.6 is 23.2 Å². The Labute approximate surface area is 182 Å². The van der Waals surface area contributed by atoms with Crippen molar-refractivity contribution in [3.05, 3.63) is 93.5 Å². The molecular formula is C22H17Cl2NO5. The van der Waals surface area contributed by atoms with E-state index in [1.54, 1.807) is 42.5 Å². The van der Waals surface area contributed by atoms with Crippen LogP contribution in [0.3, 0.4) is 0 Å². The number of oxime groups is 1. The number of hydrogen-bond acceptors (Lipinski definition) is 5. The minimum Gasteiger partial charge on any atom is -0.485 e. The number of rotatable bonds is 8. The topological polar surface area (TPSA) is 88.4 Å². The lowest BCUT2D eigenvalue weighted by atomic mass is 10.1. The minimum atomic E-state index is -1.41. The number of ether oxygens (including phenoxy) is 2. The smallest absolute Gasteiger partial charge is 0.358 e. The van der Waals surface area contributed by atoms with E-state index in [9.17, 15) is 15.1 Å². The number of para-hydroxylation sites is 1. The SMILES string of the molecule is O=C(O)/C(=N\O)c1cccc(OCc2ccccc2Cl)c1OCc1ccccc1Cl. The van der Waals surface area contributed by atoms with Gasteiger partial charge >= 0.3 is 5.97 Å². The van der Waals surface area contributed by atoms with Gasteiger partial charge in [-0.05, 0) is 24.3 Å². The summed E-state index contributed by atoms with van der Waals surface area (Å²) in [5.41, 5.74) is 0.931. The molecule has 0 amide bonds. The van der Waals surface area contributed by atoms with E-state index in [0.717, 1.165) is 5.56 Å². The first kappa shape index (κ1) is 21.5. The lowest BCUT2D eigenvalue weighted by Gasteiger charge is -2.17. The molecule has 0 aromatic heterocycles. The number of carboxylic acids is 1. The second-order valence-corrected chi connectivity index (χ2v) is 6.96. The van der Waals surface area contributed by atoms with E-state index in [1.807, 2.05) is 18.2 Å². The first-order valence-corrected chi connectivity index (χ1v) is 9.58. The Bertz CT molecular complexity index is 1080. The summed E-state index contributed by atoms with van der Waals surface area (Å²) in [6.07, 6.45) is 0. The molecule has 0 aliphatic heterocycles. The maximum absolute atomic E-state index is 11.5. The summed E-state index contributed by atoms with van der Waals surface area (Å²) in [5.74, 6) is -1.04. The highest BCUT2D eigenvalue weighted by atomic mass is 35.5. The molecule has 30 heavy (non-hydrogen) atoms. The molecule has 3 aromatic carbocycles. The van der Waals surface area contributed by atoms with Crippen LogP contribution in [0.4, 0.5) is 0 Å². The molecular weight excluding hydrogens is 429 g/mol. The van der Waals surface area contributed by atoms with Crippen molar-refractivity contribution in [1.29, 1.82) is 0 Å². The zero-order valence-corrected chi connectivity index (χ0v) is 17.1. The van der Waals surface area contributed by atoms with Crippen molar-refractivity contribution in [2.45, 2.75) is 13.2 Å². The second-order valence-electron chi connectivity index (χ2n) is 6.15. The fraction of sp³-hybridized carbons (Fsp3) is 0.0909. The van der Waals surface area contributed by atoms with Gasteiger partial charge in [0.1, 0.15) is 13.2 Å². The van der Waals surface area contributed by atoms with E-state index < -0.39 is 11.7 Å². The summed E-state index contributed by atoms with van der Waals surface area (Å²) in [5, 5.41) is 22.5. The van der Waals surface area contributed by atoms with Crippen LogP contribution in [0, 0.1) is 0 Å². The summed E-state index contributed by atoms with van der Waals surface area (Å²) < 4.78 is 11.8. The predicted molar refractivity (Wildman–Crippen MR) is 114 cm³/mol. The van der Waals surface area contributed by atoms with Crippen LogP contribution in [0.1, 0.15) is 16.7 Å². The van der Waals surface area contributed by atoms with Gasteiger partial charge in [-0.1, -0.05) is 70.8 Å². The number of hydrogen-bond donors (Lipinski definition) is 2. The Balaban J connectivity index is 1.95. The molecule has 0 bridgehead atoms. The quantitative estimate of drug-likeness (QED) is 0.274. The van der Waals surface area contributed by atoms with Crippen molar-refractivity contribution >= 4 is 34.9 Å². The fourth-order valence-electron chi connectivity index (χ4n) is 2.71. The summed E-state index contributed by atoms with van der Waals surface area (Å²) in [6, 6.07) is 19.0. The van der Waals surface area contributed by atoms with E-state index in [4.69, 9.17) is 32.7 Å². The van der Waals surface area contributed by atoms with Gasteiger partial charge in [-0.15, -0.1) is 0 Å². The fourth-order valence-corrected chi connectivity index (χ4v) is 3.09. The number of aliphatic carboxylic acids is 1. The largest absolute Gasteiger partial charge is 0.485 e. The zero-order chi connectivity index (χ0) is 21.5. The zero-order valence-electron chi connectivity index (χ0n) is 15.6. The molecule has 0 heterocycles. The number of nitrogens with zero attached hydrogens (tertiary/aromatic N) is 1. The van der Waals surface area contributed by atoms with E-state index in [-0.39, 0.29) is 30.3 Å². The molecule has 0 aliphatic carbocycles. The first-order chi connectivity index (χ1) is 14.5. The van der Waals surface area contributed by atoms with Crippen LogP contribution in [-0.4, -0.2) is 22.0 Å². The van der Waals surface area contributed by atoms with Crippen LogP contribution in [0.2, 0.25) is 10.0 Å². The Morgan fingerprint density at radius 1 is 0.833 bits per heavy atom. The molecule has 6 nitrogen and oxygen atoms in total. The average molecular weight is 446 g/mol. The highest BCUT2D eigenvalue weighted by Gasteiger charge is 2.22. The highest BCUT2D eigenvalue weighted by molar-refractivity contribution is 6.43. The lowest BCUT2D eigenvalue weighted by Crippen LogP contribution is -2.16. The number of benzene rings is 3. The van der Waals surface area contributed by atoms with Gasteiger partial charge in [0, 0.05) is 21.2 Å². The van der Waals surface area contributed by atoms with E-state index in [2.05, 4.69) is 5.16 Å². The highest BCUT2D eigenvalue weighted by Crippen LogP contribution is 2.34. The molecule has 8 heteroatoms. The molecule has 0 atom stereocenters. The Kier molecular flexibility index (Phi) is 7.17. The van der Waals surface area contributed by atoms with Gasteiger partial charge in [0.2, 0.25) is 0 Å². The van der Waals surface area contributed by atoms with Crippen molar-refractivity contribution in [2.24, 2.45) is 5.16 Å². The van der Waals surface area contributed by atoms with Gasteiger partial charge in [-0.3, -0.25) is 0 Å². The van der Waals surface area contributed by atoms with Gasteiger partial charge in [0.25, 0.3) is 0 Å². The minimum absolute atomic E-state index is 0.0530. The lowest BCUT2D eigenvalue weighted by molar-refractivity contribution is -0.129. The molecule has 0 spiro atoms. The second kappa shape index (κ2) is 10.0. The van der Waals surface area contributed by atoms with Crippen LogP contribution in [0.5, 0.6) is 11.5 Å². The Morgan fingerprint density at radius 2 is 1.40 bits per heavy atom. The Morgan fingerprint density at radius 3 is 1.93 bits per heavy atom. The van der Waals surface area contributed by atoms with Crippen molar-refractivity contribution < 1.29 is 24.6 Å². The monoisotopic (exact) mass is 445 g/mol. The van der Waals surface area contributed by atoms with Crippen molar-refractivity contribution in [1.82, 2.24) is 0 Å². The molecule has 0 radical (unpaired) electrons. The summed E-state index contributed by atoms with van der Waals surface area (Å²) in [6.45, 7) is 0.182. The number of halogens is 2. The molecule has 2 N–H and O–H groups in total. The molecule has 3 aromatic rings. The number of carbonyl (C=O) groups is 1. The maximum atomic E-state index is 11.5. The molecule has 154 valence electrons. The summed E-state index contributed by atoms with van der Waals surface area (Å²) in [4.78, 5) is 11.5. The normalized spacial score (nSPS) is 11.2. The summed E-state index contributed by atoms with van der Waals surface area (Å²) >= 11 is 12.4. The van der Waals surface area contributed by atoms with Gasteiger partial charge in [0.15, 0.2) is 17.2 Å². The van der Waals surface area contributed by atoms with Gasteiger partial charge in [-0.25, -0.2) is 4.79 Å². The maximum Gasteiger partial charge on any atom is 0.358 e. The third kappa shape index (κ3) is 5.03. The molecule has 0 unspecified atom stereocenters. The third-order valence-electron chi connectivity index (χ3n) is 4.21. The van der Waals surface area contributed by atoms with Crippen LogP contribution < -0.4 is 9.47 Å². The number of carboxylic acid groups (broad SMARTS) is 1. The molecule has 0 fully saturated rings. The van der Waals surface area contributed by atoms with Crippen LogP contribution in [0.25, 0.3) is 0 Å². The van der Waals surface area contributed by atoms with Gasteiger partial charge in [0.05, 0.1) is 5.56 Å². The third-order valence-corrected chi connectivity index (χ3v) is 4.94. The molecule has 0 aliphatic rings. The predicted octanol–water partition coefficient (Wildman–Crippen LogP) is 5.41. The van der Waals surface area contributed by atoms with E-state index in [1.165, 1.54) is 6.07 Å². The van der Waals surface area contributed by atoms with Crippen molar-refractivity contribution in [2.75, 3.05) is 0 Å².